The molecule has 3 aromatic rings. The maximum Gasteiger partial charge on any atom is 0.349 e. The number of benzene rings is 2. The minimum atomic E-state index is -2.22. The molecule has 10 heteroatoms. The summed E-state index contributed by atoms with van der Waals surface area (Å²) < 4.78 is 9.64. The summed E-state index contributed by atoms with van der Waals surface area (Å²) in [5.74, 6) is -5.62. The van der Waals surface area contributed by atoms with Gasteiger partial charge in [0.2, 0.25) is 12.2 Å². The maximum absolute atomic E-state index is 12.2. The van der Waals surface area contributed by atoms with E-state index in [1.54, 1.807) is 38.1 Å². The van der Waals surface area contributed by atoms with Gasteiger partial charge in [0.05, 0.1) is 11.1 Å². The first kappa shape index (κ1) is 30.0. The Hall–Kier alpha value is -4.57. The number of aliphatic carboxylic acids is 2. The molecule has 3 atom stereocenters. The minimum absolute atomic E-state index is 0.0332. The van der Waals surface area contributed by atoms with E-state index >= 15 is 0 Å². The maximum atomic E-state index is 12.2. The fourth-order valence-corrected chi connectivity index (χ4v) is 4.13. The quantitative estimate of drug-likeness (QED) is 0.395. The molecule has 2 aromatic carbocycles. The molecule has 1 aliphatic rings. The molecule has 10 nitrogen and oxygen atoms in total. The number of aromatic nitrogens is 1. The lowest BCUT2D eigenvalue weighted by Gasteiger charge is -2.21. The van der Waals surface area contributed by atoms with Crippen molar-refractivity contribution in [2.75, 3.05) is 13.6 Å². The Morgan fingerprint density at radius 1 is 0.825 bits per heavy atom. The van der Waals surface area contributed by atoms with E-state index in [-0.39, 0.29) is 11.1 Å². The molecule has 0 saturated carbocycles. The summed E-state index contributed by atoms with van der Waals surface area (Å²) >= 11 is 0. The monoisotopic (exact) mass is 548 g/mol. The van der Waals surface area contributed by atoms with Gasteiger partial charge >= 0.3 is 23.9 Å². The average Bonchev–Trinajstić information content (AvgIpc) is 3.37. The van der Waals surface area contributed by atoms with Crippen molar-refractivity contribution in [2.45, 2.75) is 44.9 Å². The second-order valence-electron chi connectivity index (χ2n) is 9.49. The second-order valence-corrected chi connectivity index (χ2v) is 9.49. The van der Waals surface area contributed by atoms with Crippen molar-refractivity contribution in [3.05, 3.63) is 101 Å². The highest BCUT2D eigenvalue weighted by molar-refractivity contribution is 5.95. The predicted molar refractivity (Wildman–Crippen MR) is 145 cm³/mol. The molecule has 1 aromatic heterocycles. The average molecular weight is 549 g/mol. The molecule has 40 heavy (non-hydrogen) atoms. The van der Waals surface area contributed by atoms with Crippen LogP contribution < -0.4 is 0 Å². The number of likely N-dealkylation sites (tertiary alicyclic amines) is 1. The number of carboxylic acids is 2. The number of rotatable bonds is 8. The Morgan fingerprint density at radius 2 is 1.30 bits per heavy atom. The fourth-order valence-electron chi connectivity index (χ4n) is 4.13. The highest BCUT2D eigenvalue weighted by Crippen LogP contribution is 2.29. The third-order valence-corrected chi connectivity index (χ3v) is 6.39. The SMILES string of the molecule is CN1CCC[C@@H]1c1cccnc1.Cc1ccc(C(=O)O[C@@H](C(=O)O)[C@@H](OC(=O)c2ccc(C)cc2)C(=O)O)cc1. The van der Waals surface area contributed by atoms with Crippen molar-refractivity contribution in [1.29, 1.82) is 0 Å². The van der Waals surface area contributed by atoms with Crippen LogP contribution in [0.2, 0.25) is 0 Å². The molecule has 1 saturated heterocycles. The third kappa shape index (κ3) is 8.21. The van der Waals surface area contributed by atoms with Gasteiger partial charge in [-0.25, -0.2) is 19.2 Å². The molecule has 0 aliphatic carbocycles. The van der Waals surface area contributed by atoms with E-state index in [4.69, 9.17) is 9.47 Å². The van der Waals surface area contributed by atoms with Crippen LogP contribution in [0.4, 0.5) is 0 Å². The molecule has 4 rings (SSSR count). The smallest absolute Gasteiger partial charge is 0.349 e. The number of nitrogens with zero attached hydrogens (tertiary/aromatic N) is 2. The molecular formula is C30H32N2O8. The van der Waals surface area contributed by atoms with Gasteiger partial charge in [-0.05, 0) is 76.2 Å². The van der Waals surface area contributed by atoms with Crippen molar-refractivity contribution < 1.29 is 38.9 Å². The van der Waals surface area contributed by atoms with E-state index in [0.29, 0.717) is 6.04 Å². The lowest BCUT2D eigenvalue weighted by atomic mass is 10.1. The first-order chi connectivity index (χ1) is 19.1. The number of carbonyl (C=O) groups is 4. The molecule has 1 fully saturated rings. The fraction of sp³-hybridized carbons (Fsp3) is 0.300. The van der Waals surface area contributed by atoms with E-state index in [0.717, 1.165) is 11.1 Å². The van der Waals surface area contributed by atoms with Gasteiger partial charge in [-0.2, -0.15) is 0 Å². The summed E-state index contributed by atoms with van der Waals surface area (Å²) in [4.78, 5) is 53.9. The summed E-state index contributed by atoms with van der Waals surface area (Å²) in [6.07, 6.45) is 1.96. The van der Waals surface area contributed by atoms with Crippen LogP contribution in [0.1, 0.15) is 56.3 Å². The van der Waals surface area contributed by atoms with Crippen molar-refractivity contribution in [3.63, 3.8) is 0 Å². The summed E-state index contributed by atoms with van der Waals surface area (Å²) in [6.45, 7) is 4.81. The van der Waals surface area contributed by atoms with Crippen molar-refractivity contribution in [2.24, 2.45) is 0 Å². The van der Waals surface area contributed by atoms with Crippen LogP contribution in [0.5, 0.6) is 0 Å². The second kappa shape index (κ2) is 14.0. The van der Waals surface area contributed by atoms with Gasteiger partial charge in [-0.15, -0.1) is 0 Å². The zero-order chi connectivity index (χ0) is 29.2. The normalized spacial score (nSPS) is 16.1. The summed E-state index contributed by atoms with van der Waals surface area (Å²) in [5.41, 5.74) is 3.15. The van der Waals surface area contributed by atoms with Crippen LogP contribution >= 0.6 is 0 Å². The van der Waals surface area contributed by atoms with Gasteiger partial charge in [0, 0.05) is 18.4 Å². The largest absolute Gasteiger partial charge is 0.478 e. The number of hydrogen-bond acceptors (Lipinski definition) is 8. The van der Waals surface area contributed by atoms with Crippen LogP contribution in [0.25, 0.3) is 0 Å². The number of aryl methyl sites for hydroxylation is 2. The van der Waals surface area contributed by atoms with Crippen LogP contribution in [0.3, 0.4) is 0 Å². The Bertz CT molecular complexity index is 1230. The van der Waals surface area contributed by atoms with Gasteiger partial charge in [-0.3, -0.25) is 9.88 Å². The van der Waals surface area contributed by atoms with Gasteiger partial charge in [0.1, 0.15) is 0 Å². The Balaban J connectivity index is 0.000000302. The molecule has 1 aliphatic heterocycles. The third-order valence-electron chi connectivity index (χ3n) is 6.39. The molecule has 0 bridgehead atoms. The summed E-state index contributed by atoms with van der Waals surface area (Å²) in [6, 6.07) is 16.9. The highest BCUT2D eigenvalue weighted by atomic mass is 16.6. The zero-order valence-electron chi connectivity index (χ0n) is 22.5. The first-order valence-electron chi connectivity index (χ1n) is 12.7. The number of pyridine rings is 1. The number of hydrogen-bond donors (Lipinski definition) is 2. The van der Waals surface area contributed by atoms with E-state index in [1.165, 1.54) is 49.2 Å². The van der Waals surface area contributed by atoms with Crippen LogP contribution in [0, 0.1) is 13.8 Å². The van der Waals surface area contributed by atoms with Crippen molar-refractivity contribution in [1.82, 2.24) is 9.88 Å². The Kier molecular flexibility index (Phi) is 10.5. The first-order valence-corrected chi connectivity index (χ1v) is 12.7. The summed E-state index contributed by atoms with van der Waals surface area (Å²) in [5, 5.41) is 18.6. The molecule has 0 spiro atoms. The minimum Gasteiger partial charge on any atom is -0.478 e. The summed E-state index contributed by atoms with van der Waals surface area (Å²) in [7, 11) is 2.19. The van der Waals surface area contributed by atoms with E-state index in [2.05, 4.69) is 23.0 Å². The van der Waals surface area contributed by atoms with Crippen LogP contribution in [-0.4, -0.2) is 69.8 Å². The van der Waals surface area contributed by atoms with Crippen LogP contribution in [-0.2, 0) is 19.1 Å². The highest BCUT2D eigenvalue weighted by Gasteiger charge is 2.41. The Labute approximate surface area is 232 Å². The number of carboxylic acid groups (broad SMARTS) is 2. The van der Waals surface area contributed by atoms with Crippen molar-refractivity contribution >= 4 is 23.9 Å². The van der Waals surface area contributed by atoms with Crippen molar-refractivity contribution in [3.8, 4) is 0 Å². The number of ether oxygens (including phenoxy) is 2. The zero-order valence-corrected chi connectivity index (χ0v) is 22.5. The molecule has 0 unspecified atom stereocenters. The molecule has 0 radical (unpaired) electrons. The van der Waals surface area contributed by atoms with E-state index in [1.807, 2.05) is 18.5 Å². The molecule has 210 valence electrons. The molecule has 2 heterocycles. The van der Waals surface area contributed by atoms with Gasteiger partial charge in [0.25, 0.3) is 0 Å². The topological polar surface area (TPSA) is 143 Å². The van der Waals surface area contributed by atoms with E-state index < -0.39 is 36.1 Å². The molecule has 0 amide bonds. The standard InChI is InChI=1S/C20H18O8.C10H14N2/c1-11-3-7-13(8-4-11)19(25)27-15(17(21)22)16(18(23)24)28-20(26)14-9-5-12(2)6-10-14;1-12-7-3-5-10(12)9-4-2-6-11-8-9/h3-10,15-16H,1-2H3,(H,21,22)(H,23,24);2,4,6,8,10H,3,5,7H2,1H3/t15-,16-;10-/m11/s1. The van der Waals surface area contributed by atoms with Gasteiger partial charge in [-0.1, -0.05) is 41.5 Å². The van der Waals surface area contributed by atoms with Gasteiger partial charge in [0.15, 0.2) is 0 Å². The van der Waals surface area contributed by atoms with E-state index in [9.17, 15) is 29.4 Å². The lowest BCUT2D eigenvalue weighted by Crippen LogP contribution is -2.45. The Morgan fingerprint density at radius 3 is 1.65 bits per heavy atom. The molecule has 2 N–H and O–H groups in total. The number of esters is 2. The number of carbonyl (C=O) groups excluding carboxylic acids is 2. The predicted octanol–water partition coefficient (Wildman–Crippen LogP) is 4.07. The van der Waals surface area contributed by atoms with Gasteiger partial charge < -0.3 is 19.7 Å². The lowest BCUT2D eigenvalue weighted by molar-refractivity contribution is -0.166. The molecular weight excluding hydrogens is 516 g/mol. The van der Waals surface area contributed by atoms with Crippen LogP contribution in [0.15, 0.2) is 73.1 Å².